The van der Waals surface area contributed by atoms with Crippen molar-refractivity contribution in [1.29, 1.82) is 0 Å². The number of hydrogen-bond acceptors (Lipinski definition) is 5. The highest BCUT2D eigenvalue weighted by atomic mass is 32.1. The highest BCUT2D eigenvalue weighted by Crippen LogP contribution is 2.20. The lowest BCUT2D eigenvalue weighted by Gasteiger charge is -2.09. The summed E-state index contributed by atoms with van der Waals surface area (Å²) in [7, 11) is 0. The number of nitrogens with one attached hydrogen (secondary N) is 1. The third kappa shape index (κ3) is 2.95. The summed E-state index contributed by atoms with van der Waals surface area (Å²) in [5.41, 5.74) is 0.942. The third-order valence-corrected chi connectivity index (χ3v) is 4.07. The summed E-state index contributed by atoms with van der Waals surface area (Å²) in [5.74, 6) is 1.17. The maximum absolute atomic E-state index is 5.66. The molecule has 20 heavy (non-hydrogen) atoms. The second-order valence-electron chi connectivity index (χ2n) is 4.48. The van der Waals surface area contributed by atoms with Crippen LogP contribution in [0.4, 0.5) is 0 Å². The van der Waals surface area contributed by atoms with E-state index in [9.17, 15) is 0 Å². The van der Waals surface area contributed by atoms with Gasteiger partial charge in [0.15, 0.2) is 0 Å². The normalized spacial score (nSPS) is 12.4. The van der Waals surface area contributed by atoms with Crippen molar-refractivity contribution < 1.29 is 4.42 Å². The van der Waals surface area contributed by atoms with Gasteiger partial charge in [-0.05, 0) is 30.5 Å². The molecule has 0 aliphatic heterocycles. The fraction of sp³-hybridized carbons (Fsp3) is 0.200. The van der Waals surface area contributed by atoms with Crippen LogP contribution in [0.3, 0.4) is 0 Å². The third-order valence-electron chi connectivity index (χ3n) is 3.02. The SMILES string of the molecule is C[C@H](NCc1nnc(-c2ccccc2)o1)c1cccs1. The van der Waals surface area contributed by atoms with E-state index in [1.165, 1.54) is 4.88 Å². The highest BCUT2D eigenvalue weighted by molar-refractivity contribution is 7.10. The Labute approximate surface area is 121 Å². The van der Waals surface area contributed by atoms with Crippen LogP contribution in [0.2, 0.25) is 0 Å². The summed E-state index contributed by atoms with van der Waals surface area (Å²) < 4.78 is 5.66. The minimum absolute atomic E-state index is 0.280. The van der Waals surface area contributed by atoms with Crippen molar-refractivity contribution in [3.05, 3.63) is 58.6 Å². The number of nitrogens with zero attached hydrogens (tertiary/aromatic N) is 2. The van der Waals surface area contributed by atoms with Crippen molar-refractivity contribution in [3.63, 3.8) is 0 Å². The number of rotatable bonds is 5. The van der Waals surface area contributed by atoms with Gasteiger partial charge in [0.2, 0.25) is 11.8 Å². The molecule has 0 radical (unpaired) electrons. The number of benzene rings is 1. The van der Waals surface area contributed by atoms with E-state index in [1.807, 2.05) is 30.3 Å². The van der Waals surface area contributed by atoms with Gasteiger partial charge in [-0.3, -0.25) is 0 Å². The fourth-order valence-corrected chi connectivity index (χ4v) is 2.66. The van der Waals surface area contributed by atoms with Crippen LogP contribution in [0, 0.1) is 0 Å². The molecule has 1 atom stereocenters. The zero-order chi connectivity index (χ0) is 13.8. The van der Waals surface area contributed by atoms with Crippen molar-refractivity contribution in [2.45, 2.75) is 19.5 Å². The van der Waals surface area contributed by atoms with Gasteiger partial charge in [0.1, 0.15) is 0 Å². The summed E-state index contributed by atoms with van der Waals surface area (Å²) in [6.07, 6.45) is 0. The van der Waals surface area contributed by atoms with E-state index < -0.39 is 0 Å². The Balaban J connectivity index is 1.63. The quantitative estimate of drug-likeness (QED) is 0.777. The molecule has 0 saturated carbocycles. The van der Waals surface area contributed by atoms with E-state index in [4.69, 9.17) is 4.42 Å². The molecule has 0 aliphatic carbocycles. The number of aromatic nitrogens is 2. The summed E-state index contributed by atoms with van der Waals surface area (Å²) in [6.45, 7) is 2.69. The first-order valence-electron chi connectivity index (χ1n) is 6.47. The van der Waals surface area contributed by atoms with Crippen molar-refractivity contribution in [1.82, 2.24) is 15.5 Å². The molecule has 1 aromatic carbocycles. The first-order chi connectivity index (χ1) is 9.83. The van der Waals surface area contributed by atoms with Crippen LogP contribution in [0.25, 0.3) is 11.5 Å². The van der Waals surface area contributed by atoms with Crippen LogP contribution in [-0.2, 0) is 6.54 Å². The van der Waals surface area contributed by atoms with Gasteiger partial charge in [-0.25, -0.2) is 0 Å². The van der Waals surface area contributed by atoms with E-state index >= 15 is 0 Å². The molecule has 0 saturated heterocycles. The Kier molecular flexibility index (Phi) is 3.90. The van der Waals surface area contributed by atoms with E-state index in [0.717, 1.165) is 5.56 Å². The zero-order valence-corrected chi connectivity index (χ0v) is 11.9. The predicted octanol–water partition coefficient (Wildman–Crippen LogP) is 3.65. The molecule has 2 aromatic heterocycles. The molecule has 102 valence electrons. The van der Waals surface area contributed by atoms with Gasteiger partial charge in [0, 0.05) is 16.5 Å². The van der Waals surface area contributed by atoms with Crippen molar-refractivity contribution in [2.24, 2.45) is 0 Å². The molecule has 0 fully saturated rings. The van der Waals surface area contributed by atoms with Gasteiger partial charge in [0.05, 0.1) is 6.54 Å². The molecule has 0 bridgehead atoms. The molecule has 4 nitrogen and oxygen atoms in total. The van der Waals surface area contributed by atoms with Crippen LogP contribution in [0.5, 0.6) is 0 Å². The highest BCUT2D eigenvalue weighted by Gasteiger charge is 2.10. The van der Waals surface area contributed by atoms with Crippen LogP contribution in [0.15, 0.2) is 52.3 Å². The van der Waals surface area contributed by atoms with Crippen molar-refractivity contribution in [3.8, 4) is 11.5 Å². The topological polar surface area (TPSA) is 51.0 Å². The Morgan fingerprint density at radius 1 is 1.15 bits per heavy atom. The molecule has 0 unspecified atom stereocenters. The van der Waals surface area contributed by atoms with E-state index in [1.54, 1.807) is 11.3 Å². The van der Waals surface area contributed by atoms with Crippen LogP contribution < -0.4 is 5.32 Å². The summed E-state index contributed by atoms with van der Waals surface area (Å²) in [6, 6.07) is 14.2. The van der Waals surface area contributed by atoms with Gasteiger partial charge in [-0.1, -0.05) is 24.3 Å². The average molecular weight is 285 g/mol. The standard InChI is InChI=1S/C15H15N3OS/c1-11(13-8-5-9-20-13)16-10-14-17-18-15(19-14)12-6-3-2-4-7-12/h2-9,11,16H,10H2,1H3/t11-/m0/s1. The zero-order valence-electron chi connectivity index (χ0n) is 11.1. The molecule has 2 heterocycles. The Morgan fingerprint density at radius 2 is 2.00 bits per heavy atom. The Morgan fingerprint density at radius 3 is 2.75 bits per heavy atom. The maximum Gasteiger partial charge on any atom is 0.247 e. The number of hydrogen-bond donors (Lipinski definition) is 1. The lowest BCUT2D eigenvalue weighted by molar-refractivity contribution is 0.456. The molecule has 0 aliphatic rings. The van der Waals surface area contributed by atoms with Crippen LogP contribution >= 0.6 is 11.3 Å². The van der Waals surface area contributed by atoms with Gasteiger partial charge >= 0.3 is 0 Å². The molecule has 3 rings (SSSR count). The maximum atomic E-state index is 5.66. The smallest absolute Gasteiger partial charge is 0.247 e. The lowest BCUT2D eigenvalue weighted by atomic mass is 10.2. The monoisotopic (exact) mass is 285 g/mol. The lowest BCUT2D eigenvalue weighted by Crippen LogP contribution is -2.17. The van der Waals surface area contributed by atoms with E-state index in [2.05, 4.69) is 40.0 Å². The Hall–Kier alpha value is -1.98. The Bertz CT molecular complexity index is 649. The minimum Gasteiger partial charge on any atom is -0.419 e. The predicted molar refractivity (Wildman–Crippen MR) is 79.3 cm³/mol. The molecule has 0 spiro atoms. The fourth-order valence-electron chi connectivity index (χ4n) is 1.90. The van der Waals surface area contributed by atoms with Gasteiger partial charge in [0.25, 0.3) is 0 Å². The van der Waals surface area contributed by atoms with Gasteiger partial charge in [-0.2, -0.15) is 0 Å². The van der Waals surface area contributed by atoms with Crippen molar-refractivity contribution >= 4 is 11.3 Å². The second kappa shape index (κ2) is 5.98. The molecule has 5 heteroatoms. The summed E-state index contributed by atoms with van der Waals surface area (Å²) in [5, 5.41) is 13.6. The summed E-state index contributed by atoms with van der Waals surface area (Å²) >= 11 is 1.74. The molecule has 1 N–H and O–H groups in total. The second-order valence-corrected chi connectivity index (χ2v) is 5.46. The number of thiophene rings is 1. The molecular formula is C15H15N3OS. The van der Waals surface area contributed by atoms with Gasteiger partial charge in [-0.15, -0.1) is 21.5 Å². The minimum atomic E-state index is 0.280. The molecular weight excluding hydrogens is 270 g/mol. The van der Waals surface area contributed by atoms with E-state index in [-0.39, 0.29) is 6.04 Å². The molecule has 3 aromatic rings. The van der Waals surface area contributed by atoms with Crippen LogP contribution in [0.1, 0.15) is 23.7 Å². The van der Waals surface area contributed by atoms with Gasteiger partial charge < -0.3 is 9.73 Å². The molecule has 0 amide bonds. The first kappa shape index (κ1) is 13.0. The average Bonchev–Trinajstić information content (AvgIpc) is 3.17. The van der Waals surface area contributed by atoms with Crippen molar-refractivity contribution in [2.75, 3.05) is 0 Å². The van der Waals surface area contributed by atoms with Crippen LogP contribution in [-0.4, -0.2) is 10.2 Å². The first-order valence-corrected chi connectivity index (χ1v) is 7.35. The largest absolute Gasteiger partial charge is 0.419 e. The summed E-state index contributed by atoms with van der Waals surface area (Å²) in [4.78, 5) is 1.30. The van der Waals surface area contributed by atoms with E-state index in [0.29, 0.717) is 18.3 Å².